The first-order valence-electron chi connectivity index (χ1n) is 6.06. The molecule has 0 unspecified atom stereocenters. The predicted octanol–water partition coefficient (Wildman–Crippen LogP) is 2.51. The first-order chi connectivity index (χ1) is 9.06. The van der Waals surface area contributed by atoms with Crippen LogP contribution in [0.1, 0.15) is 22.4 Å². The SMILES string of the molecule is Cc1cc(-c2nc3c(c(=O)[nH]2)CSC3)cc(C)c1O. The van der Waals surface area contributed by atoms with E-state index >= 15 is 0 Å². The maximum absolute atomic E-state index is 12.0. The van der Waals surface area contributed by atoms with Crippen LogP contribution >= 0.6 is 11.8 Å². The Morgan fingerprint density at radius 3 is 2.63 bits per heavy atom. The molecule has 0 amide bonds. The van der Waals surface area contributed by atoms with E-state index in [1.54, 1.807) is 11.8 Å². The van der Waals surface area contributed by atoms with Gasteiger partial charge in [0.15, 0.2) is 0 Å². The van der Waals surface area contributed by atoms with Gasteiger partial charge in [-0.2, -0.15) is 11.8 Å². The Labute approximate surface area is 114 Å². The lowest BCUT2D eigenvalue weighted by Crippen LogP contribution is -2.15. The number of rotatable bonds is 1. The highest BCUT2D eigenvalue weighted by atomic mass is 32.2. The summed E-state index contributed by atoms with van der Waals surface area (Å²) in [6.45, 7) is 3.68. The fourth-order valence-corrected chi connectivity index (χ4v) is 3.33. The van der Waals surface area contributed by atoms with Crippen LogP contribution in [0.5, 0.6) is 5.75 Å². The van der Waals surface area contributed by atoms with E-state index in [4.69, 9.17) is 0 Å². The molecule has 0 saturated carbocycles. The zero-order chi connectivity index (χ0) is 13.6. The topological polar surface area (TPSA) is 66.0 Å². The Kier molecular flexibility index (Phi) is 2.86. The zero-order valence-electron chi connectivity index (χ0n) is 10.8. The molecule has 2 aromatic rings. The van der Waals surface area contributed by atoms with Crippen LogP contribution in [-0.4, -0.2) is 15.1 Å². The quantitative estimate of drug-likeness (QED) is 0.838. The Hall–Kier alpha value is -1.75. The number of H-pyrrole nitrogens is 1. The summed E-state index contributed by atoms with van der Waals surface area (Å²) in [5.41, 5.74) is 4.03. The molecule has 0 fully saturated rings. The van der Waals surface area contributed by atoms with E-state index in [1.807, 2.05) is 26.0 Å². The molecule has 2 heterocycles. The standard InChI is InChI=1S/C14H14N2O2S/c1-7-3-9(4-8(2)12(7)17)13-15-11-6-19-5-10(11)14(18)16-13/h3-4,17H,5-6H2,1-2H3,(H,15,16,18). The van der Waals surface area contributed by atoms with Crippen molar-refractivity contribution in [2.24, 2.45) is 0 Å². The van der Waals surface area contributed by atoms with E-state index in [-0.39, 0.29) is 5.56 Å². The van der Waals surface area contributed by atoms with Crippen molar-refractivity contribution < 1.29 is 5.11 Å². The summed E-state index contributed by atoms with van der Waals surface area (Å²) in [7, 11) is 0. The molecule has 0 aliphatic carbocycles. The van der Waals surface area contributed by atoms with Crippen molar-refractivity contribution in [3.05, 3.63) is 44.9 Å². The fraction of sp³-hybridized carbons (Fsp3) is 0.286. The second-order valence-electron chi connectivity index (χ2n) is 4.79. The molecular formula is C14H14N2O2S. The Balaban J connectivity index is 2.18. The average Bonchev–Trinajstić information content (AvgIpc) is 2.84. The van der Waals surface area contributed by atoms with Gasteiger partial charge in [-0.1, -0.05) is 0 Å². The van der Waals surface area contributed by atoms with Gasteiger partial charge in [-0.15, -0.1) is 0 Å². The third-order valence-electron chi connectivity index (χ3n) is 3.35. The summed E-state index contributed by atoms with van der Waals surface area (Å²) >= 11 is 1.71. The van der Waals surface area contributed by atoms with Crippen LogP contribution in [0.15, 0.2) is 16.9 Å². The molecule has 1 aromatic heterocycles. The van der Waals surface area contributed by atoms with Gasteiger partial charge < -0.3 is 10.1 Å². The molecule has 98 valence electrons. The van der Waals surface area contributed by atoms with Crippen LogP contribution in [0.4, 0.5) is 0 Å². The Bertz CT molecular complexity index is 699. The lowest BCUT2D eigenvalue weighted by Gasteiger charge is -2.08. The highest BCUT2D eigenvalue weighted by molar-refractivity contribution is 7.98. The number of phenolic OH excluding ortho intramolecular Hbond substituents is 1. The number of phenols is 1. The van der Waals surface area contributed by atoms with Gasteiger partial charge in [-0.25, -0.2) is 4.98 Å². The van der Waals surface area contributed by atoms with Gasteiger partial charge >= 0.3 is 0 Å². The smallest absolute Gasteiger partial charge is 0.255 e. The van der Waals surface area contributed by atoms with E-state index in [0.29, 0.717) is 11.6 Å². The van der Waals surface area contributed by atoms with Crippen LogP contribution < -0.4 is 5.56 Å². The molecule has 0 radical (unpaired) electrons. The minimum absolute atomic E-state index is 0.0478. The van der Waals surface area contributed by atoms with Crippen molar-refractivity contribution in [3.8, 4) is 17.1 Å². The number of aromatic nitrogens is 2. The summed E-state index contributed by atoms with van der Waals surface area (Å²) < 4.78 is 0. The normalized spacial score (nSPS) is 13.6. The minimum atomic E-state index is -0.0478. The van der Waals surface area contributed by atoms with Gasteiger partial charge in [-0.3, -0.25) is 4.79 Å². The molecule has 3 rings (SSSR count). The molecule has 4 nitrogen and oxygen atoms in total. The maximum Gasteiger partial charge on any atom is 0.255 e. The molecule has 0 saturated heterocycles. The molecule has 5 heteroatoms. The van der Waals surface area contributed by atoms with Crippen molar-refractivity contribution in [1.29, 1.82) is 0 Å². The monoisotopic (exact) mass is 274 g/mol. The molecule has 2 N–H and O–H groups in total. The molecular weight excluding hydrogens is 260 g/mol. The van der Waals surface area contributed by atoms with Crippen LogP contribution in [0.25, 0.3) is 11.4 Å². The molecule has 0 atom stereocenters. The molecule has 1 aliphatic heterocycles. The third-order valence-corrected chi connectivity index (χ3v) is 4.32. The molecule has 0 spiro atoms. The van der Waals surface area contributed by atoms with Gasteiger partial charge in [0.2, 0.25) is 0 Å². The number of fused-ring (bicyclic) bond motifs is 1. The van der Waals surface area contributed by atoms with E-state index in [9.17, 15) is 9.90 Å². The average molecular weight is 274 g/mol. The number of hydrogen-bond donors (Lipinski definition) is 2. The zero-order valence-corrected chi connectivity index (χ0v) is 11.6. The second-order valence-corrected chi connectivity index (χ2v) is 5.78. The summed E-state index contributed by atoms with van der Waals surface area (Å²) in [5, 5.41) is 9.79. The van der Waals surface area contributed by atoms with Crippen LogP contribution in [0, 0.1) is 13.8 Å². The fourth-order valence-electron chi connectivity index (χ4n) is 2.29. The van der Waals surface area contributed by atoms with Crippen LogP contribution in [0.2, 0.25) is 0 Å². The number of aryl methyl sites for hydroxylation is 2. The number of aromatic amines is 1. The van der Waals surface area contributed by atoms with Crippen LogP contribution in [0.3, 0.4) is 0 Å². The van der Waals surface area contributed by atoms with Crippen LogP contribution in [-0.2, 0) is 11.5 Å². The first kappa shape index (κ1) is 12.3. The Morgan fingerprint density at radius 2 is 1.95 bits per heavy atom. The largest absolute Gasteiger partial charge is 0.507 e. The van der Waals surface area contributed by atoms with Crippen molar-refractivity contribution >= 4 is 11.8 Å². The third kappa shape index (κ3) is 2.04. The highest BCUT2D eigenvalue weighted by Crippen LogP contribution is 2.30. The van der Waals surface area contributed by atoms with Gasteiger partial charge in [0.25, 0.3) is 5.56 Å². The van der Waals surface area contributed by atoms with Gasteiger partial charge in [0, 0.05) is 22.6 Å². The number of benzene rings is 1. The summed E-state index contributed by atoms with van der Waals surface area (Å²) in [4.78, 5) is 19.4. The molecule has 1 aromatic carbocycles. The first-order valence-corrected chi connectivity index (χ1v) is 7.22. The van der Waals surface area contributed by atoms with Gasteiger partial charge in [-0.05, 0) is 37.1 Å². The van der Waals surface area contributed by atoms with E-state index < -0.39 is 0 Å². The van der Waals surface area contributed by atoms with Crippen molar-refractivity contribution in [3.63, 3.8) is 0 Å². The molecule has 19 heavy (non-hydrogen) atoms. The molecule has 0 bridgehead atoms. The second kappa shape index (κ2) is 4.42. The lowest BCUT2D eigenvalue weighted by atomic mass is 10.1. The van der Waals surface area contributed by atoms with Crippen molar-refractivity contribution in [1.82, 2.24) is 9.97 Å². The van der Waals surface area contributed by atoms with Crippen molar-refractivity contribution in [2.75, 3.05) is 0 Å². The summed E-state index contributed by atoms with van der Waals surface area (Å²) in [5.74, 6) is 2.41. The summed E-state index contributed by atoms with van der Waals surface area (Å²) in [6.07, 6.45) is 0. The summed E-state index contributed by atoms with van der Waals surface area (Å²) in [6, 6.07) is 3.68. The van der Waals surface area contributed by atoms with Gasteiger partial charge in [0.05, 0.1) is 5.69 Å². The lowest BCUT2D eigenvalue weighted by molar-refractivity contribution is 0.467. The van der Waals surface area contributed by atoms with E-state index in [0.717, 1.165) is 39.5 Å². The minimum Gasteiger partial charge on any atom is -0.507 e. The van der Waals surface area contributed by atoms with E-state index in [2.05, 4.69) is 9.97 Å². The Morgan fingerprint density at radius 1 is 1.26 bits per heavy atom. The van der Waals surface area contributed by atoms with Crippen molar-refractivity contribution in [2.45, 2.75) is 25.4 Å². The highest BCUT2D eigenvalue weighted by Gasteiger charge is 2.18. The van der Waals surface area contributed by atoms with Gasteiger partial charge in [0.1, 0.15) is 11.6 Å². The number of thioether (sulfide) groups is 1. The molecule has 1 aliphatic rings. The number of nitrogens with zero attached hydrogens (tertiary/aromatic N) is 1. The number of nitrogens with one attached hydrogen (secondary N) is 1. The van der Waals surface area contributed by atoms with E-state index in [1.165, 1.54) is 0 Å². The predicted molar refractivity (Wildman–Crippen MR) is 76.4 cm³/mol. The maximum atomic E-state index is 12.0. The number of hydrogen-bond acceptors (Lipinski definition) is 4. The number of aromatic hydroxyl groups is 1.